The smallest absolute Gasteiger partial charge is 0.198 e. The number of rotatable bonds is 3. The van der Waals surface area contributed by atoms with E-state index in [9.17, 15) is 0 Å². The van der Waals surface area contributed by atoms with E-state index in [2.05, 4.69) is 25.9 Å². The predicted molar refractivity (Wildman–Crippen MR) is 72.0 cm³/mol. The van der Waals surface area contributed by atoms with Gasteiger partial charge in [-0.2, -0.15) is 0 Å². The molecule has 0 aliphatic heterocycles. The molecule has 90 valence electrons. The van der Waals surface area contributed by atoms with Gasteiger partial charge in [-0.25, -0.2) is 4.98 Å². The Labute approximate surface area is 108 Å². The van der Waals surface area contributed by atoms with E-state index >= 15 is 0 Å². The molecule has 0 saturated carbocycles. The number of nitrogens with two attached hydrogens (primary N) is 1. The summed E-state index contributed by atoms with van der Waals surface area (Å²) in [5.74, 6) is 1.30. The Morgan fingerprint density at radius 2 is 2.24 bits per heavy atom. The zero-order chi connectivity index (χ0) is 12.4. The molecular formula is C12H14BrN3O. The number of benzene rings is 1. The molecule has 0 radical (unpaired) electrons. The van der Waals surface area contributed by atoms with Crippen LogP contribution in [0.3, 0.4) is 0 Å². The summed E-state index contributed by atoms with van der Waals surface area (Å²) >= 11 is 3.40. The van der Waals surface area contributed by atoms with Crippen LogP contribution in [-0.2, 0) is 0 Å². The van der Waals surface area contributed by atoms with Gasteiger partial charge in [-0.3, -0.25) is 0 Å². The van der Waals surface area contributed by atoms with E-state index in [0.29, 0.717) is 12.6 Å². The summed E-state index contributed by atoms with van der Waals surface area (Å²) < 4.78 is 6.29. The first kappa shape index (κ1) is 12.0. The molecule has 3 N–H and O–H groups in total. The Bertz CT molecular complexity index is 537. The van der Waals surface area contributed by atoms with Crippen molar-refractivity contribution in [1.82, 2.24) is 9.97 Å². The highest BCUT2D eigenvalue weighted by atomic mass is 79.9. The van der Waals surface area contributed by atoms with Crippen LogP contribution in [-0.4, -0.2) is 16.6 Å². The van der Waals surface area contributed by atoms with Gasteiger partial charge in [-0.05, 0) is 53.5 Å². The number of aromatic amines is 1. The molecule has 17 heavy (non-hydrogen) atoms. The number of halogens is 1. The summed E-state index contributed by atoms with van der Waals surface area (Å²) in [5.41, 5.74) is 8.51. The van der Waals surface area contributed by atoms with E-state index in [4.69, 9.17) is 10.5 Å². The largest absolute Gasteiger partial charge is 0.494 e. The van der Waals surface area contributed by atoms with Crippen LogP contribution in [0.15, 0.2) is 22.8 Å². The minimum absolute atomic E-state index is 0.401. The standard InChI is InChI=1S/C12H14BrN3O/c1-3-17-9-5-4-8(6-7(9)2)10-11(13)16-12(14)15-10/h4-6H,3H2,1-2H3,(H3,14,15,16). The number of nitrogens with one attached hydrogen (secondary N) is 1. The minimum atomic E-state index is 0.401. The van der Waals surface area contributed by atoms with Crippen LogP contribution < -0.4 is 10.5 Å². The molecule has 1 heterocycles. The molecule has 1 aromatic carbocycles. The molecule has 0 bridgehead atoms. The quantitative estimate of drug-likeness (QED) is 0.914. The number of aromatic nitrogens is 2. The van der Waals surface area contributed by atoms with Gasteiger partial charge in [0.15, 0.2) is 5.95 Å². The zero-order valence-corrected chi connectivity index (χ0v) is 11.3. The lowest BCUT2D eigenvalue weighted by Gasteiger charge is -2.08. The van der Waals surface area contributed by atoms with Crippen molar-refractivity contribution < 1.29 is 4.74 Å². The van der Waals surface area contributed by atoms with Crippen LogP contribution >= 0.6 is 15.9 Å². The highest BCUT2D eigenvalue weighted by molar-refractivity contribution is 9.10. The van der Waals surface area contributed by atoms with Crippen molar-refractivity contribution in [3.8, 4) is 17.0 Å². The number of ether oxygens (including phenoxy) is 1. The molecule has 2 aromatic rings. The van der Waals surface area contributed by atoms with Crippen LogP contribution in [0.5, 0.6) is 5.75 Å². The summed E-state index contributed by atoms with van der Waals surface area (Å²) in [6.45, 7) is 4.65. The molecule has 0 saturated heterocycles. The van der Waals surface area contributed by atoms with Crippen molar-refractivity contribution in [3.05, 3.63) is 28.4 Å². The van der Waals surface area contributed by atoms with Gasteiger partial charge >= 0.3 is 0 Å². The van der Waals surface area contributed by atoms with E-state index in [-0.39, 0.29) is 0 Å². The number of anilines is 1. The molecule has 0 fully saturated rings. The summed E-state index contributed by atoms with van der Waals surface area (Å²) in [7, 11) is 0. The molecule has 0 atom stereocenters. The van der Waals surface area contributed by atoms with Crippen molar-refractivity contribution >= 4 is 21.9 Å². The number of H-pyrrole nitrogens is 1. The Balaban J connectivity index is 2.41. The van der Waals surface area contributed by atoms with E-state index in [0.717, 1.165) is 27.2 Å². The van der Waals surface area contributed by atoms with E-state index in [1.165, 1.54) is 0 Å². The van der Waals surface area contributed by atoms with Gasteiger partial charge < -0.3 is 15.5 Å². The molecule has 2 rings (SSSR count). The lowest BCUT2D eigenvalue weighted by molar-refractivity contribution is 0.338. The van der Waals surface area contributed by atoms with Crippen molar-refractivity contribution in [1.29, 1.82) is 0 Å². The van der Waals surface area contributed by atoms with Gasteiger partial charge in [0.05, 0.1) is 6.61 Å². The molecule has 0 aliphatic rings. The summed E-state index contributed by atoms with van der Waals surface area (Å²) in [6.07, 6.45) is 0. The van der Waals surface area contributed by atoms with Gasteiger partial charge in [0.25, 0.3) is 0 Å². The van der Waals surface area contributed by atoms with Crippen LogP contribution in [0.2, 0.25) is 0 Å². The lowest BCUT2D eigenvalue weighted by atomic mass is 10.1. The number of aryl methyl sites for hydroxylation is 1. The summed E-state index contributed by atoms with van der Waals surface area (Å²) in [4.78, 5) is 7.15. The topological polar surface area (TPSA) is 63.9 Å². The fourth-order valence-electron chi connectivity index (χ4n) is 1.67. The molecule has 0 amide bonds. The first-order valence-corrected chi connectivity index (χ1v) is 6.16. The monoisotopic (exact) mass is 295 g/mol. The molecule has 4 nitrogen and oxygen atoms in total. The van der Waals surface area contributed by atoms with E-state index in [1.807, 2.05) is 32.0 Å². The predicted octanol–water partition coefficient (Wildman–Crippen LogP) is 3.13. The maximum atomic E-state index is 5.61. The third kappa shape index (κ3) is 2.44. The highest BCUT2D eigenvalue weighted by Crippen LogP contribution is 2.30. The van der Waals surface area contributed by atoms with Crippen molar-refractivity contribution in [2.45, 2.75) is 13.8 Å². The van der Waals surface area contributed by atoms with Crippen LogP contribution in [0.4, 0.5) is 5.95 Å². The van der Waals surface area contributed by atoms with Crippen LogP contribution in [0.25, 0.3) is 11.3 Å². The fraction of sp³-hybridized carbons (Fsp3) is 0.250. The molecule has 0 unspecified atom stereocenters. The number of hydrogen-bond donors (Lipinski definition) is 2. The maximum absolute atomic E-state index is 5.61. The molecule has 0 spiro atoms. The average molecular weight is 296 g/mol. The van der Waals surface area contributed by atoms with Gasteiger partial charge in [0.2, 0.25) is 0 Å². The third-order valence-electron chi connectivity index (χ3n) is 2.43. The van der Waals surface area contributed by atoms with Gasteiger partial charge in [-0.15, -0.1) is 0 Å². The first-order valence-electron chi connectivity index (χ1n) is 5.36. The molecule has 5 heteroatoms. The van der Waals surface area contributed by atoms with Gasteiger partial charge in [-0.1, -0.05) is 0 Å². The SMILES string of the molecule is CCOc1ccc(-c2nc(N)[nH]c2Br)cc1C. The highest BCUT2D eigenvalue weighted by Gasteiger charge is 2.10. The second-order valence-corrected chi connectivity index (χ2v) is 4.49. The summed E-state index contributed by atoms with van der Waals surface area (Å²) in [5, 5.41) is 0. The fourth-order valence-corrected chi connectivity index (χ4v) is 2.20. The number of nitrogens with zero attached hydrogens (tertiary/aromatic N) is 1. The van der Waals surface area contributed by atoms with Gasteiger partial charge in [0.1, 0.15) is 16.0 Å². The average Bonchev–Trinajstić information content (AvgIpc) is 2.61. The number of imidazole rings is 1. The van der Waals surface area contributed by atoms with Crippen molar-refractivity contribution in [2.75, 3.05) is 12.3 Å². The van der Waals surface area contributed by atoms with Crippen molar-refractivity contribution in [2.24, 2.45) is 0 Å². The number of nitrogen functional groups attached to an aromatic ring is 1. The van der Waals surface area contributed by atoms with E-state index < -0.39 is 0 Å². The second kappa shape index (κ2) is 4.79. The first-order chi connectivity index (χ1) is 8.11. The molecule has 0 aliphatic carbocycles. The Morgan fingerprint density at radius 1 is 1.47 bits per heavy atom. The van der Waals surface area contributed by atoms with Crippen molar-refractivity contribution in [3.63, 3.8) is 0 Å². The van der Waals surface area contributed by atoms with Crippen LogP contribution in [0.1, 0.15) is 12.5 Å². The van der Waals surface area contributed by atoms with E-state index in [1.54, 1.807) is 0 Å². The normalized spacial score (nSPS) is 10.5. The maximum Gasteiger partial charge on any atom is 0.198 e. The zero-order valence-electron chi connectivity index (χ0n) is 9.75. The minimum Gasteiger partial charge on any atom is -0.494 e. The van der Waals surface area contributed by atoms with Crippen LogP contribution in [0, 0.1) is 6.92 Å². The van der Waals surface area contributed by atoms with Gasteiger partial charge in [0, 0.05) is 5.56 Å². The lowest BCUT2D eigenvalue weighted by Crippen LogP contribution is -1.94. The Kier molecular flexibility index (Phi) is 3.38. The molecular weight excluding hydrogens is 282 g/mol. The Hall–Kier alpha value is -1.49. The molecule has 1 aromatic heterocycles. The summed E-state index contributed by atoms with van der Waals surface area (Å²) in [6, 6.07) is 5.95. The number of hydrogen-bond acceptors (Lipinski definition) is 3. The Morgan fingerprint density at radius 3 is 2.76 bits per heavy atom. The second-order valence-electron chi connectivity index (χ2n) is 3.70. The third-order valence-corrected chi connectivity index (χ3v) is 3.00.